The van der Waals surface area contributed by atoms with Crippen LogP contribution < -0.4 is 4.74 Å². The van der Waals surface area contributed by atoms with Crippen LogP contribution in [0.4, 0.5) is 22.0 Å². The van der Waals surface area contributed by atoms with E-state index >= 15 is 0 Å². The number of aliphatic imine (C=N–C) groups is 1. The summed E-state index contributed by atoms with van der Waals surface area (Å²) in [4.78, 5) is 19.6. The summed E-state index contributed by atoms with van der Waals surface area (Å²) < 4.78 is 70.2. The van der Waals surface area contributed by atoms with Gasteiger partial charge in [0.1, 0.15) is 17.4 Å². The molecule has 1 aliphatic heterocycles. The first-order valence-corrected chi connectivity index (χ1v) is 11.9. The van der Waals surface area contributed by atoms with Crippen LogP contribution in [0, 0.1) is 17.6 Å². The van der Waals surface area contributed by atoms with Crippen LogP contribution in [0.25, 0.3) is 11.1 Å². The van der Waals surface area contributed by atoms with Crippen molar-refractivity contribution in [1.29, 1.82) is 0 Å². The maximum atomic E-state index is 14.5. The molecule has 2 atom stereocenters. The van der Waals surface area contributed by atoms with Gasteiger partial charge in [-0.15, -0.1) is 13.2 Å². The van der Waals surface area contributed by atoms with Gasteiger partial charge in [-0.2, -0.15) is 0 Å². The SMILES string of the molecule is CCN(CC)C(=O)C1CC(c2c(F)cccc2F)=NC1c1ccc(-c2ccc(OC(F)(F)F)cc2)cc1. The predicted octanol–water partition coefficient (Wildman–Crippen LogP) is 6.95. The number of ether oxygens (including phenoxy) is 1. The maximum Gasteiger partial charge on any atom is 0.573 e. The van der Waals surface area contributed by atoms with E-state index in [1.807, 2.05) is 13.8 Å². The minimum Gasteiger partial charge on any atom is -0.406 e. The van der Waals surface area contributed by atoms with Crippen molar-refractivity contribution in [2.45, 2.75) is 32.7 Å². The first-order valence-electron chi connectivity index (χ1n) is 11.9. The third-order valence-electron chi connectivity index (χ3n) is 6.41. The average Bonchev–Trinajstić information content (AvgIpc) is 3.29. The summed E-state index contributed by atoms with van der Waals surface area (Å²) in [6.45, 7) is 4.72. The second-order valence-corrected chi connectivity index (χ2v) is 8.63. The molecule has 4 rings (SSSR count). The van der Waals surface area contributed by atoms with E-state index < -0.39 is 30.0 Å². The Balaban J connectivity index is 1.65. The zero-order valence-corrected chi connectivity index (χ0v) is 20.2. The summed E-state index contributed by atoms with van der Waals surface area (Å²) in [7, 11) is 0. The van der Waals surface area contributed by atoms with Crippen LogP contribution in [0.15, 0.2) is 71.7 Å². The molecule has 0 saturated carbocycles. The van der Waals surface area contributed by atoms with Gasteiger partial charge in [-0.3, -0.25) is 9.79 Å². The highest BCUT2D eigenvalue weighted by Crippen LogP contribution is 2.39. The molecule has 1 amide bonds. The lowest BCUT2D eigenvalue weighted by molar-refractivity contribution is -0.274. The molecule has 0 aromatic heterocycles. The molecule has 0 radical (unpaired) electrons. The lowest BCUT2D eigenvalue weighted by Crippen LogP contribution is -2.37. The fourth-order valence-electron chi connectivity index (χ4n) is 4.59. The summed E-state index contributed by atoms with van der Waals surface area (Å²) in [5, 5.41) is 0. The number of carbonyl (C=O) groups excluding carboxylic acids is 1. The molecular formula is C28H25F5N2O2. The molecule has 0 fully saturated rings. The quantitative estimate of drug-likeness (QED) is 0.319. The Morgan fingerprint density at radius 2 is 1.46 bits per heavy atom. The van der Waals surface area contributed by atoms with Gasteiger partial charge in [0.05, 0.1) is 17.5 Å². The van der Waals surface area contributed by atoms with Crippen LogP contribution in [0.1, 0.15) is 37.4 Å². The molecular weight excluding hydrogens is 491 g/mol. The highest BCUT2D eigenvalue weighted by molar-refractivity contribution is 6.05. The molecule has 3 aromatic rings. The van der Waals surface area contributed by atoms with Crippen LogP contribution in [0.3, 0.4) is 0 Å². The van der Waals surface area contributed by atoms with Crippen molar-refractivity contribution in [3.05, 3.63) is 89.5 Å². The summed E-state index contributed by atoms with van der Waals surface area (Å²) in [6.07, 6.45) is -4.67. The monoisotopic (exact) mass is 516 g/mol. The molecule has 1 heterocycles. The summed E-state index contributed by atoms with van der Waals surface area (Å²) in [5.74, 6) is -2.56. The smallest absolute Gasteiger partial charge is 0.406 e. The number of carbonyl (C=O) groups is 1. The minimum atomic E-state index is -4.77. The normalized spacial score (nSPS) is 17.4. The average molecular weight is 517 g/mol. The molecule has 4 nitrogen and oxygen atoms in total. The number of hydrogen-bond donors (Lipinski definition) is 0. The third-order valence-corrected chi connectivity index (χ3v) is 6.41. The van der Waals surface area contributed by atoms with Gasteiger partial charge < -0.3 is 9.64 Å². The van der Waals surface area contributed by atoms with Crippen molar-refractivity contribution in [3.63, 3.8) is 0 Å². The van der Waals surface area contributed by atoms with Crippen LogP contribution >= 0.6 is 0 Å². The molecule has 0 aliphatic carbocycles. The number of nitrogens with zero attached hydrogens (tertiary/aromatic N) is 2. The van der Waals surface area contributed by atoms with Gasteiger partial charge in [0.25, 0.3) is 0 Å². The number of halogens is 5. The predicted molar refractivity (Wildman–Crippen MR) is 130 cm³/mol. The number of alkyl halides is 3. The molecule has 9 heteroatoms. The maximum absolute atomic E-state index is 14.5. The Morgan fingerprint density at radius 3 is 1.97 bits per heavy atom. The van der Waals surface area contributed by atoms with E-state index in [-0.39, 0.29) is 29.4 Å². The van der Waals surface area contributed by atoms with Crippen molar-refractivity contribution < 1.29 is 31.5 Å². The molecule has 0 bridgehead atoms. The Bertz CT molecular complexity index is 1260. The standard InChI is InChI=1S/C28H25F5N2O2/c1-3-35(4-2)27(36)21-16-24(25-22(29)6-5-7-23(25)30)34-26(21)19-10-8-17(9-11-19)18-12-14-20(15-13-18)37-28(31,32)33/h5-15,21,26H,3-4,16H2,1-2H3. The van der Waals surface area contributed by atoms with Gasteiger partial charge in [-0.25, -0.2) is 8.78 Å². The van der Waals surface area contributed by atoms with Gasteiger partial charge >= 0.3 is 6.36 Å². The van der Waals surface area contributed by atoms with Crippen molar-refractivity contribution in [3.8, 4) is 16.9 Å². The van der Waals surface area contributed by atoms with E-state index in [9.17, 15) is 26.7 Å². The van der Waals surface area contributed by atoms with Crippen molar-refractivity contribution in [2.75, 3.05) is 13.1 Å². The molecule has 2 unspecified atom stereocenters. The van der Waals surface area contributed by atoms with Gasteiger partial charge in [-0.1, -0.05) is 42.5 Å². The van der Waals surface area contributed by atoms with Crippen LogP contribution in [-0.2, 0) is 4.79 Å². The Hall–Kier alpha value is -3.75. The first-order chi connectivity index (χ1) is 17.6. The molecule has 1 aliphatic rings. The van der Waals surface area contributed by atoms with E-state index in [0.717, 1.165) is 17.7 Å². The topological polar surface area (TPSA) is 41.9 Å². The fraction of sp³-hybridized carbons (Fsp3) is 0.286. The molecule has 0 spiro atoms. The van der Waals surface area contributed by atoms with Crippen molar-refractivity contribution in [1.82, 2.24) is 4.90 Å². The van der Waals surface area contributed by atoms with Gasteiger partial charge in [0, 0.05) is 25.2 Å². The first kappa shape index (κ1) is 26.3. The zero-order chi connectivity index (χ0) is 26.7. The zero-order valence-electron chi connectivity index (χ0n) is 20.2. The second kappa shape index (κ2) is 10.7. The summed E-state index contributed by atoms with van der Waals surface area (Å²) in [6, 6.07) is 15.5. The van der Waals surface area contributed by atoms with Crippen LogP contribution in [-0.4, -0.2) is 36.0 Å². The third kappa shape index (κ3) is 5.81. The highest BCUT2D eigenvalue weighted by atomic mass is 19.4. The Kier molecular flexibility index (Phi) is 7.61. The number of amides is 1. The van der Waals surface area contributed by atoms with E-state index in [2.05, 4.69) is 9.73 Å². The lowest BCUT2D eigenvalue weighted by Gasteiger charge is -2.26. The number of benzene rings is 3. The second-order valence-electron chi connectivity index (χ2n) is 8.63. The molecule has 3 aromatic carbocycles. The summed E-state index contributed by atoms with van der Waals surface area (Å²) in [5.41, 5.74) is 2.07. The van der Waals surface area contributed by atoms with Crippen LogP contribution in [0.2, 0.25) is 0 Å². The summed E-state index contributed by atoms with van der Waals surface area (Å²) >= 11 is 0. The van der Waals surface area contributed by atoms with E-state index in [1.54, 1.807) is 29.2 Å². The van der Waals surface area contributed by atoms with E-state index in [0.29, 0.717) is 24.2 Å². The Labute approximate surface area is 211 Å². The molecule has 194 valence electrons. The molecule has 0 saturated heterocycles. The van der Waals surface area contributed by atoms with Crippen molar-refractivity contribution >= 4 is 11.6 Å². The number of hydrogen-bond acceptors (Lipinski definition) is 3. The minimum absolute atomic E-state index is 0.0975. The largest absolute Gasteiger partial charge is 0.573 e. The van der Waals surface area contributed by atoms with Gasteiger partial charge in [-0.05, 0) is 54.8 Å². The fourth-order valence-corrected chi connectivity index (χ4v) is 4.59. The van der Waals surface area contributed by atoms with Gasteiger partial charge in [0.15, 0.2) is 0 Å². The van der Waals surface area contributed by atoms with E-state index in [1.165, 1.54) is 30.3 Å². The molecule has 37 heavy (non-hydrogen) atoms. The lowest BCUT2D eigenvalue weighted by atomic mass is 9.89. The van der Waals surface area contributed by atoms with Crippen LogP contribution in [0.5, 0.6) is 5.75 Å². The molecule has 0 N–H and O–H groups in total. The van der Waals surface area contributed by atoms with Crippen molar-refractivity contribution in [2.24, 2.45) is 10.9 Å². The highest BCUT2D eigenvalue weighted by Gasteiger charge is 2.39. The Morgan fingerprint density at radius 1 is 0.919 bits per heavy atom. The van der Waals surface area contributed by atoms with E-state index in [4.69, 9.17) is 0 Å². The van der Waals surface area contributed by atoms with Gasteiger partial charge in [0.2, 0.25) is 5.91 Å². The number of rotatable bonds is 7.